The number of aryl methyl sites for hydroxylation is 2. The van der Waals surface area contributed by atoms with E-state index in [0.717, 1.165) is 46.7 Å². The van der Waals surface area contributed by atoms with E-state index in [1.807, 2.05) is 12.1 Å². The van der Waals surface area contributed by atoms with Crippen molar-refractivity contribution in [2.45, 2.75) is 30.6 Å². The first-order valence-electron chi connectivity index (χ1n) is 10.9. The predicted octanol–water partition coefficient (Wildman–Crippen LogP) is 3.12. The Morgan fingerprint density at radius 3 is 2.65 bits per heavy atom. The van der Waals surface area contributed by atoms with Crippen LogP contribution < -0.4 is 10.1 Å². The lowest BCUT2D eigenvalue weighted by atomic mass is 9.96. The molecule has 34 heavy (non-hydrogen) atoms. The van der Waals surface area contributed by atoms with Gasteiger partial charge in [-0.05, 0) is 55.7 Å². The lowest BCUT2D eigenvalue weighted by molar-refractivity contribution is -0.149. The summed E-state index contributed by atoms with van der Waals surface area (Å²) in [4.78, 5) is 24.2. The summed E-state index contributed by atoms with van der Waals surface area (Å²) in [6.45, 7) is -0.878. The van der Waals surface area contributed by atoms with E-state index in [0.29, 0.717) is 5.75 Å². The molecule has 10 heteroatoms. The number of hydrogen-bond acceptors (Lipinski definition) is 7. The average Bonchev–Trinajstić information content (AvgIpc) is 3.19. The van der Waals surface area contributed by atoms with Crippen molar-refractivity contribution in [2.24, 2.45) is 0 Å². The Kier molecular flexibility index (Phi) is 6.90. The van der Waals surface area contributed by atoms with Gasteiger partial charge < -0.3 is 19.2 Å². The number of sulfonamides is 1. The molecule has 3 aromatic rings. The molecule has 0 fully saturated rings. The number of hydrogen-bond donors (Lipinski definition) is 1. The summed E-state index contributed by atoms with van der Waals surface area (Å²) in [6.07, 6.45) is 4.14. The molecule has 1 aliphatic carbocycles. The minimum atomic E-state index is -3.64. The van der Waals surface area contributed by atoms with Gasteiger partial charge in [-0.15, -0.1) is 0 Å². The lowest BCUT2D eigenvalue weighted by Crippen LogP contribution is -2.24. The van der Waals surface area contributed by atoms with Crippen LogP contribution in [-0.2, 0) is 37.2 Å². The van der Waals surface area contributed by atoms with Gasteiger partial charge in [-0.25, -0.2) is 17.5 Å². The Labute approximate surface area is 197 Å². The molecule has 180 valence electrons. The van der Waals surface area contributed by atoms with Crippen molar-refractivity contribution >= 4 is 38.6 Å². The summed E-state index contributed by atoms with van der Waals surface area (Å²) in [5.74, 6) is 0.239. The van der Waals surface area contributed by atoms with Crippen LogP contribution >= 0.6 is 0 Å². The first-order valence-corrected chi connectivity index (χ1v) is 12.3. The van der Waals surface area contributed by atoms with Crippen molar-refractivity contribution in [1.82, 2.24) is 4.31 Å². The van der Waals surface area contributed by atoms with Gasteiger partial charge in [0.25, 0.3) is 5.91 Å². The first-order chi connectivity index (χ1) is 16.2. The van der Waals surface area contributed by atoms with Crippen LogP contribution in [0.4, 0.5) is 5.69 Å². The van der Waals surface area contributed by atoms with Gasteiger partial charge in [0.1, 0.15) is 17.1 Å². The van der Waals surface area contributed by atoms with Gasteiger partial charge in [0.2, 0.25) is 10.0 Å². The van der Waals surface area contributed by atoms with Gasteiger partial charge in [-0.2, -0.15) is 0 Å². The number of fused-ring (bicyclic) bond motifs is 3. The Morgan fingerprint density at radius 2 is 1.85 bits per heavy atom. The number of ether oxygens (including phenoxy) is 2. The second kappa shape index (κ2) is 9.86. The van der Waals surface area contributed by atoms with Crippen molar-refractivity contribution in [3.05, 3.63) is 53.8 Å². The lowest BCUT2D eigenvalue weighted by Gasteiger charge is -2.13. The highest BCUT2D eigenvalue weighted by atomic mass is 32.2. The molecule has 0 aliphatic heterocycles. The number of nitrogens with zero attached hydrogens (tertiary/aromatic N) is 1. The summed E-state index contributed by atoms with van der Waals surface area (Å²) in [6, 6.07) is 11.2. The van der Waals surface area contributed by atoms with Crippen LogP contribution in [0.25, 0.3) is 11.0 Å². The fourth-order valence-electron chi connectivity index (χ4n) is 3.80. The maximum Gasteiger partial charge on any atom is 0.344 e. The zero-order valence-electron chi connectivity index (χ0n) is 19.0. The second-order valence-electron chi connectivity index (χ2n) is 8.18. The molecule has 1 heterocycles. The highest BCUT2D eigenvalue weighted by Crippen LogP contribution is 2.33. The van der Waals surface area contributed by atoms with Crippen LogP contribution in [-0.4, -0.2) is 51.9 Å². The maximum absolute atomic E-state index is 12.2. The predicted molar refractivity (Wildman–Crippen MR) is 125 cm³/mol. The zero-order valence-corrected chi connectivity index (χ0v) is 19.8. The molecule has 0 atom stereocenters. The van der Waals surface area contributed by atoms with E-state index in [-0.39, 0.29) is 17.2 Å². The van der Waals surface area contributed by atoms with Gasteiger partial charge in [-0.1, -0.05) is 6.07 Å². The first kappa shape index (κ1) is 23.8. The monoisotopic (exact) mass is 486 g/mol. The van der Waals surface area contributed by atoms with Gasteiger partial charge in [0.05, 0.1) is 4.90 Å². The van der Waals surface area contributed by atoms with Crippen molar-refractivity contribution < 1.29 is 31.9 Å². The van der Waals surface area contributed by atoms with Gasteiger partial charge in [0, 0.05) is 37.2 Å². The number of amides is 1. The molecule has 0 saturated carbocycles. The summed E-state index contributed by atoms with van der Waals surface area (Å²) in [7, 11) is -0.796. The second-order valence-corrected chi connectivity index (χ2v) is 10.3. The van der Waals surface area contributed by atoms with Crippen molar-refractivity contribution in [3.63, 3.8) is 0 Å². The van der Waals surface area contributed by atoms with Crippen LogP contribution in [0.5, 0.6) is 5.75 Å². The third-order valence-corrected chi connectivity index (χ3v) is 7.35. The molecule has 9 nitrogen and oxygen atoms in total. The van der Waals surface area contributed by atoms with Crippen LogP contribution in [0, 0.1) is 0 Å². The van der Waals surface area contributed by atoms with E-state index in [1.54, 1.807) is 12.1 Å². The minimum absolute atomic E-state index is 0.0385. The summed E-state index contributed by atoms with van der Waals surface area (Å²) in [5.41, 5.74) is 2.28. The largest absolute Gasteiger partial charge is 0.482 e. The number of rotatable bonds is 8. The van der Waals surface area contributed by atoms with Crippen LogP contribution in [0.2, 0.25) is 0 Å². The molecule has 2 aromatic carbocycles. The molecule has 0 bridgehead atoms. The third-order valence-electron chi connectivity index (χ3n) is 5.54. The molecule has 1 amide bonds. The van der Waals surface area contributed by atoms with Crippen molar-refractivity contribution in [2.75, 3.05) is 32.6 Å². The van der Waals surface area contributed by atoms with Crippen LogP contribution in [0.1, 0.15) is 24.2 Å². The molecule has 1 aromatic heterocycles. The number of benzene rings is 2. The Morgan fingerprint density at radius 1 is 1.06 bits per heavy atom. The van der Waals surface area contributed by atoms with Gasteiger partial charge in [0.15, 0.2) is 13.2 Å². The minimum Gasteiger partial charge on any atom is -0.482 e. The SMILES string of the molecule is CN(C)S(=O)(=O)c1cccc(NC(=O)COC(=O)COc2ccc3oc4c(c3c2)CCCC4)c1. The topological polar surface area (TPSA) is 115 Å². The number of anilines is 1. The Bertz CT molecular complexity index is 1330. The average molecular weight is 487 g/mol. The van der Waals surface area contributed by atoms with Crippen LogP contribution in [0.3, 0.4) is 0 Å². The van der Waals surface area contributed by atoms with Crippen molar-refractivity contribution in [3.8, 4) is 5.75 Å². The zero-order chi connectivity index (χ0) is 24.3. The van der Waals surface area contributed by atoms with Crippen LogP contribution in [0.15, 0.2) is 51.8 Å². The molecule has 1 N–H and O–H groups in total. The summed E-state index contributed by atoms with van der Waals surface area (Å²) < 4.78 is 41.9. The summed E-state index contributed by atoms with van der Waals surface area (Å²) in [5, 5.41) is 3.52. The number of furan rings is 1. The number of nitrogens with one attached hydrogen (secondary N) is 1. The van der Waals surface area contributed by atoms with Crippen molar-refractivity contribution in [1.29, 1.82) is 0 Å². The molecular formula is C24H26N2O7S. The van der Waals surface area contributed by atoms with Gasteiger partial charge >= 0.3 is 5.97 Å². The summed E-state index contributed by atoms with van der Waals surface area (Å²) >= 11 is 0. The van der Waals surface area contributed by atoms with E-state index < -0.39 is 28.5 Å². The quantitative estimate of drug-likeness (QED) is 0.487. The van der Waals surface area contributed by atoms with E-state index in [1.165, 1.54) is 37.9 Å². The maximum atomic E-state index is 12.2. The number of carbonyl (C=O) groups excluding carboxylic acids is 2. The molecule has 4 rings (SSSR count). The fourth-order valence-corrected chi connectivity index (χ4v) is 4.75. The van der Waals surface area contributed by atoms with E-state index >= 15 is 0 Å². The normalized spacial score (nSPS) is 13.5. The third kappa shape index (κ3) is 5.23. The molecular weight excluding hydrogens is 460 g/mol. The Balaban J connectivity index is 1.29. The molecule has 1 aliphatic rings. The van der Waals surface area contributed by atoms with E-state index in [4.69, 9.17) is 13.9 Å². The molecule has 0 radical (unpaired) electrons. The van der Waals surface area contributed by atoms with E-state index in [9.17, 15) is 18.0 Å². The number of carbonyl (C=O) groups is 2. The van der Waals surface area contributed by atoms with E-state index in [2.05, 4.69) is 5.32 Å². The standard InChI is InChI=1S/C24H26N2O7S/c1-26(2)34(29,30)18-7-5-6-16(12-18)25-23(27)14-32-24(28)15-31-17-10-11-22-20(13-17)19-8-3-4-9-21(19)33-22/h5-7,10-13H,3-4,8-9,14-15H2,1-2H3,(H,25,27). The molecule has 0 spiro atoms. The molecule has 0 unspecified atom stereocenters. The smallest absolute Gasteiger partial charge is 0.344 e. The Hall–Kier alpha value is -3.37. The highest BCUT2D eigenvalue weighted by molar-refractivity contribution is 7.89. The number of esters is 1. The fraction of sp³-hybridized carbons (Fsp3) is 0.333. The molecule has 0 saturated heterocycles. The van der Waals surface area contributed by atoms with Gasteiger partial charge in [-0.3, -0.25) is 4.79 Å². The highest BCUT2D eigenvalue weighted by Gasteiger charge is 2.19.